The molecule has 4 atom stereocenters. The molecule has 398 valence electrons. The van der Waals surface area contributed by atoms with E-state index < -0.39 is 47.9 Å². The number of ether oxygens (including phenoxy) is 2. The Morgan fingerprint density at radius 3 is 1.04 bits per heavy atom. The summed E-state index contributed by atoms with van der Waals surface area (Å²) in [7, 11) is 4.89. The zero-order valence-electron chi connectivity index (χ0n) is 43.7. The zero-order chi connectivity index (χ0) is 54.2. The highest BCUT2D eigenvalue weighted by atomic mass is 33.1. The second-order valence-corrected chi connectivity index (χ2v) is 22.6. The summed E-state index contributed by atoms with van der Waals surface area (Å²) in [6, 6.07) is 29.4. The molecule has 0 aliphatic carbocycles. The van der Waals surface area contributed by atoms with Crippen molar-refractivity contribution in [3.05, 3.63) is 187 Å². The Bertz CT molecular complexity index is 2780. The summed E-state index contributed by atoms with van der Waals surface area (Å²) in [4.78, 5) is 61.5. The molecule has 0 unspecified atom stereocenters. The first-order valence-electron chi connectivity index (χ1n) is 25.3. The lowest BCUT2D eigenvalue weighted by atomic mass is 9.93. The zero-order valence-corrected chi connectivity index (χ0v) is 45.4. The van der Waals surface area contributed by atoms with Gasteiger partial charge in [-0.25, -0.2) is 9.59 Å². The van der Waals surface area contributed by atoms with Gasteiger partial charge in [0, 0.05) is 72.8 Å². The van der Waals surface area contributed by atoms with E-state index in [0.29, 0.717) is 44.5 Å². The molecule has 6 aromatic carbocycles. The van der Waals surface area contributed by atoms with Gasteiger partial charge in [0.25, 0.3) is 0 Å². The highest BCUT2D eigenvalue weighted by molar-refractivity contribution is 8.76. The minimum Gasteiger partial charge on any atom is -0.507 e. The van der Waals surface area contributed by atoms with E-state index in [-0.39, 0.29) is 86.4 Å². The lowest BCUT2D eigenvalue weighted by Gasteiger charge is -2.33. The van der Waals surface area contributed by atoms with Gasteiger partial charge in [-0.2, -0.15) is 0 Å². The number of hydrogen-bond donors (Lipinski definition) is 6. The van der Waals surface area contributed by atoms with E-state index in [4.69, 9.17) is 9.47 Å². The number of benzene rings is 6. The number of phenols is 4. The predicted molar refractivity (Wildman–Crippen MR) is 296 cm³/mol. The predicted octanol–water partition coefficient (Wildman–Crippen LogP) is 8.18. The minimum absolute atomic E-state index is 0.00241. The summed E-state index contributed by atoms with van der Waals surface area (Å²) in [5, 5.41) is 55.8. The third-order valence-electron chi connectivity index (χ3n) is 14.1. The van der Waals surface area contributed by atoms with Crippen LogP contribution < -0.4 is 10.6 Å². The third-order valence-corrected chi connectivity index (χ3v) is 16.5. The van der Waals surface area contributed by atoms with E-state index in [9.17, 15) is 30.0 Å². The molecule has 3 aliphatic rings. The van der Waals surface area contributed by atoms with Gasteiger partial charge in [0.1, 0.15) is 35.1 Å². The van der Waals surface area contributed by atoms with E-state index in [2.05, 4.69) is 10.6 Å². The molecule has 9 rings (SSSR count). The van der Waals surface area contributed by atoms with E-state index >= 15 is 9.59 Å². The van der Waals surface area contributed by atoms with E-state index in [1.165, 1.54) is 35.8 Å². The van der Waals surface area contributed by atoms with Gasteiger partial charge >= 0.3 is 11.9 Å². The van der Waals surface area contributed by atoms with Gasteiger partial charge in [-0.3, -0.25) is 19.4 Å². The molecule has 16 heteroatoms. The molecule has 3 heterocycles. The quantitative estimate of drug-likeness (QED) is 0.0690. The van der Waals surface area contributed by atoms with Crippen molar-refractivity contribution in [2.75, 3.05) is 25.7 Å². The number of nitrogens with zero attached hydrogens (tertiary/aromatic N) is 2. The van der Waals surface area contributed by atoms with Gasteiger partial charge in [0.15, 0.2) is 0 Å². The largest absolute Gasteiger partial charge is 0.507 e. The van der Waals surface area contributed by atoms with Crippen LogP contribution in [0.15, 0.2) is 109 Å². The summed E-state index contributed by atoms with van der Waals surface area (Å²) < 4.78 is 10.5. The molecule has 0 fully saturated rings. The van der Waals surface area contributed by atoms with Crippen molar-refractivity contribution in [3.63, 3.8) is 0 Å². The number of aryl methyl sites for hydroxylation is 4. The maximum Gasteiger partial charge on any atom is 0.329 e. The number of methoxy groups -OCH3 is 2. The molecule has 6 aromatic rings. The number of carbonyl (C=O) groups excluding carboxylic acids is 4. The van der Waals surface area contributed by atoms with Crippen molar-refractivity contribution in [1.29, 1.82) is 0 Å². The van der Waals surface area contributed by atoms with Crippen LogP contribution in [0.5, 0.6) is 23.0 Å². The van der Waals surface area contributed by atoms with Crippen LogP contribution in [0.2, 0.25) is 0 Å². The minimum atomic E-state index is -1.16. The molecule has 76 heavy (non-hydrogen) atoms. The Morgan fingerprint density at radius 1 is 0.487 bits per heavy atom. The van der Waals surface area contributed by atoms with Crippen molar-refractivity contribution in [3.8, 4) is 23.0 Å². The fourth-order valence-electron chi connectivity index (χ4n) is 10.4. The number of esters is 2. The van der Waals surface area contributed by atoms with E-state index in [1.54, 1.807) is 0 Å². The Balaban J connectivity index is 1.41. The monoisotopic (exact) mass is 1070 g/mol. The number of fused-ring (bicyclic) bond motifs is 11. The van der Waals surface area contributed by atoms with Crippen LogP contribution in [0.1, 0.15) is 77.9 Å². The Morgan fingerprint density at radius 2 is 0.763 bits per heavy atom. The highest BCUT2D eigenvalue weighted by Crippen LogP contribution is 2.38. The summed E-state index contributed by atoms with van der Waals surface area (Å²) in [5.41, 5.74) is 8.91. The highest BCUT2D eigenvalue weighted by Gasteiger charge is 2.35. The van der Waals surface area contributed by atoms with E-state index in [0.717, 1.165) is 33.4 Å². The average Bonchev–Trinajstić information content (AvgIpc) is 3.40. The molecule has 6 N–H and O–H groups in total. The van der Waals surface area contributed by atoms with Crippen molar-refractivity contribution >= 4 is 45.3 Å². The molecule has 2 amide bonds. The van der Waals surface area contributed by atoms with Crippen LogP contribution >= 0.6 is 21.6 Å². The number of amides is 2. The molecular weight excluding hydrogens is 1000 g/mol. The topological polar surface area (TPSA) is 198 Å². The first-order valence-corrected chi connectivity index (χ1v) is 27.8. The van der Waals surface area contributed by atoms with Crippen LogP contribution in [0, 0.1) is 27.7 Å². The van der Waals surface area contributed by atoms with Crippen molar-refractivity contribution in [2.45, 2.75) is 104 Å². The number of phenolic OH excluding ortho intramolecular Hbond substituents is 4. The van der Waals surface area contributed by atoms with Gasteiger partial charge in [0.2, 0.25) is 11.8 Å². The molecule has 0 spiro atoms. The maximum absolute atomic E-state index is 15.2. The Kier molecular flexibility index (Phi) is 18.0. The SMILES string of the molecule is COC(=O)[C@@H]1CSSC[C@@H](C(=O)OC)NC(=O)[C@H](Cc2ccccc2)N2Cc3cc(C)cc(c3O)Cc3cc(C)cc(c3O)CN(Cc3cc(C)cc(c3O)Cc3cc(C)cc(c3O)C2)[C@H](Cc2ccccc2)C(=O)N1. The van der Waals surface area contributed by atoms with Crippen LogP contribution in [-0.4, -0.2) is 104 Å². The number of carbonyl (C=O) groups is 4. The van der Waals surface area contributed by atoms with Gasteiger partial charge < -0.3 is 40.5 Å². The molecule has 14 nitrogen and oxygen atoms in total. The number of rotatable bonds is 6. The van der Waals surface area contributed by atoms with Crippen LogP contribution in [0.3, 0.4) is 0 Å². The first-order chi connectivity index (χ1) is 36.5. The van der Waals surface area contributed by atoms with Gasteiger partial charge in [0.05, 0.1) is 26.3 Å². The lowest BCUT2D eigenvalue weighted by molar-refractivity contribution is -0.145. The first kappa shape index (κ1) is 55.3. The van der Waals surface area contributed by atoms with Crippen molar-refractivity contribution in [2.24, 2.45) is 0 Å². The molecular formula is C60H66N4O10S2. The van der Waals surface area contributed by atoms with Gasteiger partial charge in [-0.05, 0) is 73.9 Å². The average molecular weight is 1070 g/mol. The maximum atomic E-state index is 15.2. The van der Waals surface area contributed by atoms with Crippen molar-refractivity contribution in [1.82, 2.24) is 20.4 Å². The summed E-state index contributed by atoms with van der Waals surface area (Å²) in [5.74, 6) is -2.56. The third kappa shape index (κ3) is 13.3. The summed E-state index contributed by atoms with van der Waals surface area (Å²) >= 11 is 0. The lowest BCUT2D eigenvalue weighted by Crippen LogP contribution is -2.53. The van der Waals surface area contributed by atoms with Crippen LogP contribution in [0.25, 0.3) is 0 Å². The second-order valence-electron chi connectivity index (χ2n) is 20.0. The molecule has 0 radical (unpaired) electrons. The molecule has 0 aromatic heterocycles. The Labute approximate surface area is 452 Å². The molecule has 10 bridgehead atoms. The number of hydrogen-bond acceptors (Lipinski definition) is 14. The van der Waals surface area contributed by atoms with Gasteiger partial charge in [-0.15, -0.1) is 0 Å². The fraction of sp³-hybridized carbons (Fsp3) is 0.333. The normalized spacial score (nSPS) is 20.7. The molecule has 0 saturated carbocycles. The second kappa shape index (κ2) is 24.8. The van der Waals surface area contributed by atoms with Crippen LogP contribution in [-0.2, 0) is 80.5 Å². The van der Waals surface area contributed by atoms with E-state index in [1.807, 2.05) is 147 Å². The van der Waals surface area contributed by atoms with Crippen molar-refractivity contribution < 1.29 is 49.1 Å². The molecule has 3 aliphatic heterocycles. The summed E-state index contributed by atoms with van der Waals surface area (Å²) in [6.07, 6.45) is 0.516. The molecule has 0 saturated heterocycles. The fourth-order valence-corrected chi connectivity index (χ4v) is 12.7. The standard InChI is InChI=1S/C60H66N4O10S2/c1-35-17-41-27-42-18-36(2)22-47(54(42)66)31-64-32-48-24-38(4)20-44(56(48)68)28-43-19-37(3)23-46(55(43)67)30-63(29-45(21-35)53(41)65)51(25-39-13-9-7-10-14-39)57(69)61-49(59(71)73-5)33-75-76-34-50(60(72)74-6)62-58(70)52(64)26-40-15-11-8-12-16-40/h7-24,49-52,65-68H,25-34H2,1-6H3,(H,61,69)(H,62,70)/t49-,50-,51-,52+/m0/s1. The summed E-state index contributed by atoms with van der Waals surface area (Å²) in [6.45, 7) is 7.67. The number of nitrogens with one attached hydrogen (secondary N) is 2. The van der Waals surface area contributed by atoms with Gasteiger partial charge in [-0.1, -0.05) is 153 Å². The number of aromatic hydroxyl groups is 4. The smallest absolute Gasteiger partial charge is 0.329 e. The van der Waals surface area contributed by atoms with Crippen LogP contribution in [0.4, 0.5) is 0 Å². The Hall–Kier alpha value is -6.98.